The second-order valence-electron chi connectivity index (χ2n) is 2.16. The first-order chi connectivity index (χ1) is 5.18. The van der Waals surface area contributed by atoms with Gasteiger partial charge in [-0.1, -0.05) is 16.7 Å². The van der Waals surface area contributed by atoms with Gasteiger partial charge in [-0.2, -0.15) is 0 Å². The standard InChI is InChI=1S/C7H7O3P/c8-7-3-1-6(2-4-7)5-11(9)10/h1-4,8H,5H2. The van der Waals surface area contributed by atoms with Crippen molar-refractivity contribution in [3.63, 3.8) is 0 Å². The number of phenolic OH excluding ortho intramolecular Hbond substituents is 1. The zero-order chi connectivity index (χ0) is 8.27. The van der Waals surface area contributed by atoms with E-state index in [4.69, 9.17) is 5.11 Å². The van der Waals surface area contributed by atoms with E-state index in [1.165, 1.54) is 12.1 Å². The van der Waals surface area contributed by atoms with Crippen LogP contribution in [0.15, 0.2) is 24.3 Å². The van der Waals surface area contributed by atoms with Crippen LogP contribution in [0.2, 0.25) is 0 Å². The lowest BCUT2D eigenvalue weighted by molar-refractivity contribution is -0.164. The van der Waals surface area contributed by atoms with Crippen LogP contribution in [0.4, 0.5) is 0 Å². The van der Waals surface area contributed by atoms with Gasteiger partial charge in [-0.3, -0.25) is 0 Å². The Morgan fingerprint density at radius 1 is 1.36 bits per heavy atom. The maximum atomic E-state index is 10.2. The van der Waals surface area contributed by atoms with E-state index in [1.807, 2.05) is 0 Å². The Labute approximate surface area is 65.2 Å². The molecule has 0 aliphatic rings. The predicted molar refractivity (Wildman–Crippen MR) is 39.4 cm³/mol. The van der Waals surface area contributed by atoms with Crippen LogP contribution in [-0.4, -0.2) is 5.11 Å². The second kappa shape index (κ2) is 3.46. The fourth-order valence-corrected chi connectivity index (χ4v) is 1.26. The normalized spacial score (nSPS) is 11.2. The monoisotopic (exact) mass is 170 g/mol. The SMILES string of the molecule is O=[P+]([O-])Cc1ccc(O)cc1. The summed E-state index contributed by atoms with van der Waals surface area (Å²) in [6.45, 7) is 0. The van der Waals surface area contributed by atoms with Gasteiger partial charge in [0.05, 0.1) is 0 Å². The average Bonchev–Trinajstić information content (AvgIpc) is 1.93. The summed E-state index contributed by atoms with van der Waals surface area (Å²) in [6.07, 6.45) is 0.0373. The Morgan fingerprint density at radius 3 is 2.36 bits per heavy atom. The van der Waals surface area contributed by atoms with Crippen LogP contribution >= 0.6 is 8.03 Å². The number of aromatic hydroxyl groups is 1. The van der Waals surface area contributed by atoms with Gasteiger partial charge in [0.25, 0.3) is 0 Å². The molecular weight excluding hydrogens is 163 g/mol. The van der Waals surface area contributed by atoms with Crippen LogP contribution in [0.3, 0.4) is 0 Å². The molecule has 11 heavy (non-hydrogen) atoms. The van der Waals surface area contributed by atoms with E-state index < -0.39 is 8.03 Å². The molecule has 1 N–H and O–H groups in total. The molecule has 0 fully saturated rings. The molecule has 1 aromatic rings. The predicted octanol–water partition coefficient (Wildman–Crippen LogP) is 0.995. The average molecular weight is 170 g/mol. The Bertz CT molecular complexity index is 255. The molecule has 0 spiro atoms. The van der Waals surface area contributed by atoms with Crippen LogP contribution in [0.5, 0.6) is 5.75 Å². The second-order valence-corrected chi connectivity index (χ2v) is 3.14. The Balaban J connectivity index is 2.74. The molecule has 4 heteroatoms. The van der Waals surface area contributed by atoms with Gasteiger partial charge in [0.1, 0.15) is 5.75 Å². The van der Waals surface area contributed by atoms with Crippen molar-refractivity contribution in [2.45, 2.75) is 6.16 Å². The van der Waals surface area contributed by atoms with Crippen molar-refractivity contribution in [1.82, 2.24) is 0 Å². The van der Waals surface area contributed by atoms with Crippen molar-refractivity contribution in [2.24, 2.45) is 0 Å². The summed E-state index contributed by atoms with van der Waals surface area (Å²) in [4.78, 5) is 10.2. The van der Waals surface area contributed by atoms with E-state index in [0.29, 0.717) is 5.56 Å². The number of hydrogen-bond acceptors (Lipinski definition) is 3. The molecule has 0 saturated carbocycles. The first-order valence-corrected chi connectivity index (χ1v) is 4.44. The number of benzene rings is 1. The number of rotatable bonds is 2. The minimum absolute atomic E-state index is 0.0373. The van der Waals surface area contributed by atoms with Crippen LogP contribution < -0.4 is 4.89 Å². The summed E-state index contributed by atoms with van der Waals surface area (Å²) in [5.41, 5.74) is 0.693. The van der Waals surface area contributed by atoms with Crippen LogP contribution in [0.25, 0.3) is 0 Å². The first-order valence-electron chi connectivity index (χ1n) is 3.08. The van der Waals surface area contributed by atoms with E-state index in [2.05, 4.69) is 0 Å². The smallest absolute Gasteiger partial charge is 0.313 e. The fourth-order valence-electron chi connectivity index (χ4n) is 0.750. The van der Waals surface area contributed by atoms with Gasteiger partial charge in [0.2, 0.25) is 0 Å². The summed E-state index contributed by atoms with van der Waals surface area (Å²) in [7, 11) is -2.37. The molecule has 0 aliphatic heterocycles. The van der Waals surface area contributed by atoms with Gasteiger partial charge >= 0.3 is 8.03 Å². The lowest BCUT2D eigenvalue weighted by atomic mass is 10.2. The summed E-state index contributed by atoms with van der Waals surface area (Å²) >= 11 is 0. The van der Waals surface area contributed by atoms with Crippen molar-refractivity contribution in [2.75, 3.05) is 0 Å². The van der Waals surface area contributed by atoms with Crippen LogP contribution in [-0.2, 0) is 10.7 Å². The molecule has 1 atom stereocenters. The summed E-state index contributed by atoms with van der Waals surface area (Å²) in [5.74, 6) is 0.148. The third-order valence-corrected chi connectivity index (χ3v) is 1.87. The summed E-state index contributed by atoms with van der Waals surface area (Å²) in [5, 5.41) is 8.84. The molecule has 0 aliphatic carbocycles. The molecule has 1 unspecified atom stereocenters. The maximum Gasteiger partial charge on any atom is 0.313 e. The highest BCUT2D eigenvalue weighted by Gasteiger charge is 2.01. The molecule has 0 heterocycles. The molecule has 3 nitrogen and oxygen atoms in total. The van der Waals surface area contributed by atoms with E-state index >= 15 is 0 Å². The summed E-state index contributed by atoms with van der Waals surface area (Å²) in [6, 6.07) is 6.10. The highest BCUT2D eigenvalue weighted by molar-refractivity contribution is 7.35. The Hall–Kier alpha value is -0.920. The zero-order valence-corrected chi connectivity index (χ0v) is 6.62. The third-order valence-electron chi connectivity index (χ3n) is 1.25. The molecule has 0 saturated heterocycles. The van der Waals surface area contributed by atoms with Gasteiger partial charge < -0.3 is 10.00 Å². The lowest BCUT2D eigenvalue weighted by Gasteiger charge is -1.93. The Kier molecular flexibility index (Phi) is 2.58. The third kappa shape index (κ3) is 2.66. The molecular formula is C7H7O3P. The highest BCUT2D eigenvalue weighted by Crippen LogP contribution is 2.18. The van der Waals surface area contributed by atoms with E-state index in [9.17, 15) is 9.46 Å². The van der Waals surface area contributed by atoms with Crippen molar-refractivity contribution in [1.29, 1.82) is 0 Å². The van der Waals surface area contributed by atoms with E-state index in [1.54, 1.807) is 12.1 Å². The van der Waals surface area contributed by atoms with E-state index in [-0.39, 0.29) is 11.9 Å². The van der Waals surface area contributed by atoms with Crippen LogP contribution in [0, 0.1) is 0 Å². The van der Waals surface area contributed by atoms with Crippen molar-refractivity contribution in [3.8, 4) is 5.75 Å². The van der Waals surface area contributed by atoms with E-state index in [0.717, 1.165) is 0 Å². The maximum absolute atomic E-state index is 10.2. The molecule has 0 radical (unpaired) electrons. The summed E-state index contributed by atoms with van der Waals surface area (Å²) < 4.78 is 10.2. The largest absolute Gasteiger partial charge is 0.595 e. The number of phenols is 1. The van der Waals surface area contributed by atoms with Gasteiger partial charge in [-0.05, 0) is 17.7 Å². The molecule has 0 bridgehead atoms. The van der Waals surface area contributed by atoms with Crippen molar-refractivity contribution < 1.29 is 14.6 Å². The molecule has 58 valence electrons. The minimum Gasteiger partial charge on any atom is -0.595 e. The van der Waals surface area contributed by atoms with Gasteiger partial charge in [0, 0.05) is 0 Å². The quantitative estimate of drug-likeness (QED) is 0.673. The molecule has 0 amide bonds. The van der Waals surface area contributed by atoms with Gasteiger partial charge in [0.15, 0.2) is 6.16 Å². The minimum atomic E-state index is -2.37. The molecule has 1 rings (SSSR count). The first kappa shape index (κ1) is 8.18. The Morgan fingerprint density at radius 2 is 1.91 bits per heavy atom. The van der Waals surface area contributed by atoms with Gasteiger partial charge in [-0.25, -0.2) is 0 Å². The number of hydrogen-bond donors (Lipinski definition) is 1. The van der Waals surface area contributed by atoms with Crippen molar-refractivity contribution in [3.05, 3.63) is 29.8 Å². The zero-order valence-electron chi connectivity index (χ0n) is 5.73. The topological polar surface area (TPSA) is 60.4 Å². The molecule has 0 aromatic heterocycles. The van der Waals surface area contributed by atoms with Crippen LogP contribution in [0.1, 0.15) is 5.56 Å². The fraction of sp³-hybridized carbons (Fsp3) is 0.143. The van der Waals surface area contributed by atoms with Crippen molar-refractivity contribution >= 4 is 8.03 Å². The van der Waals surface area contributed by atoms with Gasteiger partial charge in [-0.15, -0.1) is 0 Å². The highest BCUT2D eigenvalue weighted by atomic mass is 31.1. The molecule has 1 aromatic carbocycles. The lowest BCUT2D eigenvalue weighted by Crippen LogP contribution is -1.89.